The van der Waals surface area contributed by atoms with Gasteiger partial charge in [-0.15, -0.1) is 0 Å². The normalized spacial score (nSPS) is 11.4. The van der Waals surface area contributed by atoms with Crippen LogP contribution < -0.4 is 10.6 Å². The zero-order valence-corrected chi connectivity index (χ0v) is 13.0. The third kappa shape index (κ3) is 3.83. The molecule has 2 aromatic rings. The molecule has 0 spiro atoms. The van der Waals surface area contributed by atoms with E-state index in [0.29, 0.717) is 4.90 Å². The van der Waals surface area contributed by atoms with Gasteiger partial charge in [0.1, 0.15) is 5.69 Å². The van der Waals surface area contributed by atoms with Crippen LogP contribution in [0.3, 0.4) is 0 Å². The molecule has 122 valence electrons. The quantitative estimate of drug-likeness (QED) is 0.861. The van der Waals surface area contributed by atoms with Crippen LogP contribution in [0.15, 0.2) is 24.3 Å². The average molecular weight is 365 g/mol. The molecule has 10 heteroatoms. The molecule has 2 N–H and O–H groups in total. The molecule has 0 aliphatic heterocycles. The topological polar surface area (TPSA) is 72.1 Å². The van der Waals surface area contributed by atoms with Gasteiger partial charge in [-0.25, -0.2) is 19.7 Å². The summed E-state index contributed by atoms with van der Waals surface area (Å²) in [5.41, 5.74) is 4.03. The zero-order valence-electron chi connectivity index (χ0n) is 11.5. The maximum absolute atomic E-state index is 12.9. The molecule has 0 saturated heterocycles. The number of anilines is 2. The van der Waals surface area contributed by atoms with Crippen molar-refractivity contribution in [3.63, 3.8) is 0 Å². The van der Waals surface area contributed by atoms with E-state index in [-0.39, 0.29) is 21.4 Å². The van der Waals surface area contributed by atoms with Crippen molar-refractivity contribution in [2.75, 3.05) is 4.90 Å². The number of benzene rings is 1. The van der Waals surface area contributed by atoms with E-state index in [9.17, 15) is 18.0 Å². The third-order valence-corrected chi connectivity index (χ3v) is 3.26. The van der Waals surface area contributed by atoms with Gasteiger partial charge in [-0.2, -0.15) is 13.2 Å². The number of aryl methyl sites for hydroxylation is 1. The fraction of sp³-hybridized carbons (Fsp3) is 0.154. The van der Waals surface area contributed by atoms with E-state index in [1.54, 1.807) is 0 Å². The highest BCUT2D eigenvalue weighted by molar-refractivity contribution is 6.36. The second kappa shape index (κ2) is 6.21. The number of carbonyl (C=O) groups excluding carboxylic acids is 1. The summed E-state index contributed by atoms with van der Waals surface area (Å²) in [5.74, 6) is -0.547. The second-order valence-corrected chi connectivity index (χ2v) is 5.31. The molecule has 1 heterocycles. The molecule has 2 rings (SSSR count). The molecule has 0 fully saturated rings. The van der Waals surface area contributed by atoms with E-state index >= 15 is 0 Å². The predicted octanol–water partition coefficient (Wildman–Crippen LogP) is 4.33. The van der Waals surface area contributed by atoms with Crippen molar-refractivity contribution in [1.29, 1.82) is 0 Å². The number of alkyl halides is 3. The molecule has 1 aromatic heterocycles. The van der Waals surface area contributed by atoms with E-state index < -0.39 is 23.8 Å². The van der Waals surface area contributed by atoms with Gasteiger partial charge < -0.3 is 5.73 Å². The Labute approximate surface area is 138 Å². The van der Waals surface area contributed by atoms with Gasteiger partial charge in [0.15, 0.2) is 0 Å². The van der Waals surface area contributed by atoms with E-state index in [1.807, 2.05) is 0 Å². The fourth-order valence-electron chi connectivity index (χ4n) is 1.78. The summed E-state index contributed by atoms with van der Waals surface area (Å²) in [5, 5.41) is 0.256. The second-order valence-electron chi connectivity index (χ2n) is 4.46. The van der Waals surface area contributed by atoms with E-state index in [0.717, 1.165) is 6.07 Å². The lowest BCUT2D eigenvalue weighted by atomic mass is 10.3. The van der Waals surface area contributed by atoms with Gasteiger partial charge in [-0.3, -0.25) is 0 Å². The highest BCUT2D eigenvalue weighted by Gasteiger charge is 2.34. The van der Waals surface area contributed by atoms with Crippen LogP contribution in [0.25, 0.3) is 0 Å². The first-order valence-corrected chi connectivity index (χ1v) is 6.82. The summed E-state index contributed by atoms with van der Waals surface area (Å²) >= 11 is 11.8. The maximum atomic E-state index is 12.9. The van der Waals surface area contributed by atoms with Crippen LogP contribution in [0.4, 0.5) is 29.6 Å². The summed E-state index contributed by atoms with van der Waals surface area (Å²) in [4.78, 5) is 19.6. The Morgan fingerprint density at radius 1 is 1.22 bits per heavy atom. The number of carbonyl (C=O) groups is 1. The van der Waals surface area contributed by atoms with Crippen LogP contribution in [0.1, 0.15) is 11.4 Å². The monoisotopic (exact) mass is 364 g/mol. The lowest BCUT2D eigenvalue weighted by molar-refractivity contribution is -0.141. The summed E-state index contributed by atoms with van der Waals surface area (Å²) in [7, 11) is 0. The average Bonchev–Trinajstić information content (AvgIpc) is 2.41. The van der Waals surface area contributed by atoms with Gasteiger partial charge in [-0.05, 0) is 31.2 Å². The molecule has 5 nitrogen and oxygen atoms in total. The van der Waals surface area contributed by atoms with Crippen LogP contribution in [0.5, 0.6) is 0 Å². The van der Waals surface area contributed by atoms with Crippen molar-refractivity contribution >= 4 is 40.9 Å². The van der Waals surface area contributed by atoms with Gasteiger partial charge in [0.25, 0.3) is 0 Å². The first-order chi connectivity index (χ1) is 10.6. The Morgan fingerprint density at radius 2 is 1.87 bits per heavy atom. The Morgan fingerprint density at radius 3 is 2.43 bits per heavy atom. The van der Waals surface area contributed by atoms with Gasteiger partial charge in [-0.1, -0.05) is 23.2 Å². The fourth-order valence-corrected chi connectivity index (χ4v) is 2.15. The number of rotatable bonds is 2. The highest BCUT2D eigenvalue weighted by Crippen LogP contribution is 2.34. The van der Waals surface area contributed by atoms with Crippen LogP contribution >= 0.6 is 23.2 Å². The van der Waals surface area contributed by atoms with Gasteiger partial charge >= 0.3 is 12.2 Å². The van der Waals surface area contributed by atoms with Crippen LogP contribution in [0.2, 0.25) is 10.0 Å². The highest BCUT2D eigenvalue weighted by atomic mass is 35.5. The molecule has 0 aliphatic carbocycles. The molecule has 0 unspecified atom stereocenters. The first kappa shape index (κ1) is 17.3. The predicted molar refractivity (Wildman–Crippen MR) is 80.0 cm³/mol. The minimum atomic E-state index is -4.70. The number of urea groups is 1. The SMILES string of the molecule is Cc1cc(C(F)(F)F)nc(N(C(N)=O)c2cc(Cl)ccc2Cl)n1. The molecule has 23 heavy (non-hydrogen) atoms. The number of nitrogens with two attached hydrogens (primary N) is 1. The number of nitrogens with zero attached hydrogens (tertiary/aromatic N) is 3. The van der Waals surface area contributed by atoms with Crippen LogP contribution in [-0.2, 0) is 6.18 Å². The number of primary amides is 1. The lowest BCUT2D eigenvalue weighted by Gasteiger charge is -2.21. The molecule has 0 atom stereocenters. The Balaban J connectivity index is 2.66. The summed E-state index contributed by atoms with van der Waals surface area (Å²) in [6, 6.07) is 3.74. The lowest BCUT2D eigenvalue weighted by Crippen LogP contribution is -2.33. The summed E-state index contributed by atoms with van der Waals surface area (Å²) < 4.78 is 38.7. The Bertz CT molecular complexity index is 767. The number of hydrogen-bond donors (Lipinski definition) is 1. The van der Waals surface area contributed by atoms with Gasteiger partial charge in [0, 0.05) is 10.7 Å². The van der Waals surface area contributed by atoms with Crippen molar-refractivity contribution in [2.24, 2.45) is 5.73 Å². The number of hydrogen-bond acceptors (Lipinski definition) is 3. The van der Waals surface area contributed by atoms with Gasteiger partial charge in [0.05, 0.1) is 10.7 Å². The third-order valence-electron chi connectivity index (χ3n) is 2.70. The van der Waals surface area contributed by atoms with Crippen LogP contribution in [-0.4, -0.2) is 16.0 Å². The molecule has 0 aliphatic rings. The van der Waals surface area contributed by atoms with E-state index in [2.05, 4.69) is 9.97 Å². The van der Waals surface area contributed by atoms with Crippen molar-refractivity contribution in [2.45, 2.75) is 13.1 Å². The van der Waals surface area contributed by atoms with Crippen molar-refractivity contribution in [3.8, 4) is 0 Å². The molecule has 0 bridgehead atoms. The maximum Gasteiger partial charge on any atom is 0.433 e. The van der Waals surface area contributed by atoms with Crippen molar-refractivity contribution in [1.82, 2.24) is 9.97 Å². The molecule has 1 aromatic carbocycles. The largest absolute Gasteiger partial charge is 0.433 e. The van der Waals surface area contributed by atoms with E-state index in [4.69, 9.17) is 28.9 Å². The summed E-state index contributed by atoms with van der Waals surface area (Å²) in [6.45, 7) is 1.33. The number of amides is 2. The summed E-state index contributed by atoms with van der Waals surface area (Å²) in [6.07, 6.45) is -4.70. The molecule has 2 amide bonds. The zero-order chi connectivity index (χ0) is 17.4. The van der Waals surface area contributed by atoms with Crippen molar-refractivity contribution in [3.05, 3.63) is 45.7 Å². The van der Waals surface area contributed by atoms with E-state index in [1.165, 1.54) is 25.1 Å². The van der Waals surface area contributed by atoms with Gasteiger partial charge in [0.2, 0.25) is 5.95 Å². The smallest absolute Gasteiger partial charge is 0.351 e. The minimum absolute atomic E-state index is 0.00623. The van der Waals surface area contributed by atoms with Crippen LogP contribution in [0, 0.1) is 6.92 Å². The molecular formula is C13H9Cl2F3N4O. The minimum Gasteiger partial charge on any atom is -0.351 e. The molecule has 0 saturated carbocycles. The Hall–Kier alpha value is -2.06. The molecular weight excluding hydrogens is 356 g/mol. The first-order valence-electron chi connectivity index (χ1n) is 6.07. The standard InChI is InChI=1S/C13H9Cl2F3N4O/c1-6-4-10(13(16,17)18)21-12(20-6)22(11(19)23)9-5-7(14)2-3-8(9)15/h2-5H,1H3,(H2,19,23). The van der Waals surface area contributed by atoms with Crippen molar-refractivity contribution < 1.29 is 18.0 Å². The number of aromatic nitrogens is 2. The Kier molecular flexibility index (Phi) is 4.67. The number of halogens is 5. The molecule has 0 radical (unpaired) electrons.